The first-order valence-electron chi connectivity index (χ1n) is 2.45. The Morgan fingerprint density at radius 3 is 1.75 bits per heavy atom. The second-order valence-corrected chi connectivity index (χ2v) is 1.54. The van der Waals surface area contributed by atoms with Crippen molar-refractivity contribution in [3.8, 4) is 0 Å². The predicted octanol–water partition coefficient (Wildman–Crippen LogP) is 1.36. The molecule has 0 N–H and O–H groups in total. The van der Waals surface area contributed by atoms with E-state index in [1.165, 1.54) is 12.8 Å². The third-order valence-corrected chi connectivity index (χ3v) is 0.983. The van der Waals surface area contributed by atoms with Gasteiger partial charge in [0.25, 0.3) is 0 Å². The maximum atomic E-state index is 4.15. The molecule has 0 spiro atoms. The van der Waals surface area contributed by atoms with E-state index in [-0.39, 0.29) is 20.4 Å². The topological polar surface area (TPSA) is 14.1 Å². The molecule has 1 rings (SSSR count). The Kier molecular flexibility index (Phi) is 8.75. The third-order valence-electron chi connectivity index (χ3n) is 0.983. The molecular weight excluding hydrogens is 527 g/mol. The van der Waals surface area contributed by atoms with Crippen molar-refractivity contribution in [3.63, 3.8) is 0 Å². The van der Waals surface area contributed by atoms with Crippen molar-refractivity contribution in [3.05, 3.63) is 11.7 Å². The summed E-state index contributed by atoms with van der Waals surface area (Å²) in [6, 6.07) is 0. The molecule has 0 aromatic carbocycles. The van der Waals surface area contributed by atoms with E-state index >= 15 is 0 Å². The van der Waals surface area contributed by atoms with E-state index in [0.29, 0.717) is 0 Å². The van der Waals surface area contributed by atoms with Crippen LogP contribution in [0.2, 0.25) is 0 Å². The molecule has 0 bridgehead atoms. The van der Waals surface area contributed by atoms with Crippen LogP contribution >= 0.6 is 0 Å². The van der Waals surface area contributed by atoms with Gasteiger partial charge in [0.2, 0.25) is 0 Å². The van der Waals surface area contributed by atoms with E-state index < -0.39 is 0 Å². The largest absolute Gasteiger partial charge is 0.666 e. The van der Waals surface area contributed by atoms with E-state index in [1.54, 1.807) is 0 Å². The SMILES string of the molecule is [CH-]1CC[N-]CC1.[Re].[Rf]. The van der Waals surface area contributed by atoms with Crippen molar-refractivity contribution in [1.82, 2.24) is 0 Å². The molecule has 0 unspecified atom stereocenters. The summed E-state index contributed by atoms with van der Waals surface area (Å²) in [6.45, 7) is 2.14. The van der Waals surface area contributed by atoms with Gasteiger partial charge in [-0.1, -0.05) is 0 Å². The molecule has 1 nitrogen and oxygen atoms in total. The Morgan fingerprint density at radius 2 is 1.62 bits per heavy atom. The van der Waals surface area contributed by atoms with Gasteiger partial charge in [0.1, 0.15) is 0 Å². The van der Waals surface area contributed by atoms with Gasteiger partial charge in [-0.25, -0.2) is 0 Å². The van der Waals surface area contributed by atoms with Gasteiger partial charge in [0.15, 0.2) is 0 Å². The van der Waals surface area contributed by atoms with Gasteiger partial charge in [-0.2, -0.15) is 25.9 Å². The number of hydrogen-bond acceptors (Lipinski definition) is 0. The van der Waals surface area contributed by atoms with Gasteiger partial charge in [0.05, 0.1) is 0 Å². The number of rotatable bonds is 0. The molecule has 0 atom stereocenters. The van der Waals surface area contributed by atoms with E-state index in [2.05, 4.69) is 11.7 Å². The summed E-state index contributed by atoms with van der Waals surface area (Å²) < 4.78 is 0. The monoisotopic (exact) mass is 537 g/mol. The Balaban J connectivity index is 0. The Labute approximate surface area is 58.5 Å². The molecule has 0 saturated carbocycles. The standard InChI is InChI=1S/C5H9N.Re.Rf/c1-2-4-6-5-3-1;;/h1H,2-5H2;;/q-2;;. The van der Waals surface area contributed by atoms with Crippen LogP contribution in [0.25, 0.3) is 5.32 Å². The molecule has 8 heavy (non-hydrogen) atoms. The minimum absolute atomic E-state index is 0. The number of hydrogen-bond donors (Lipinski definition) is 0. The Morgan fingerprint density at radius 1 is 1.12 bits per heavy atom. The van der Waals surface area contributed by atoms with E-state index in [0.717, 1.165) is 13.1 Å². The number of nitrogens with zero attached hydrogens (tertiary/aromatic N) is 1. The van der Waals surface area contributed by atoms with E-state index in [1.807, 2.05) is 0 Å². The summed E-state index contributed by atoms with van der Waals surface area (Å²) in [5, 5.41) is 4.15. The van der Waals surface area contributed by atoms with E-state index in [4.69, 9.17) is 0 Å². The van der Waals surface area contributed by atoms with Crippen LogP contribution < -0.4 is 0 Å². The van der Waals surface area contributed by atoms with Gasteiger partial charge in [-0.15, -0.1) is 0 Å². The second-order valence-electron chi connectivity index (χ2n) is 1.54. The normalized spacial score (nSPS) is 18.0. The molecule has 1 aliphatic rings. The molecule has 3 heteroatoms. The second kappa shape index (κ2) is 6.62. The van der Waals surface area contributed by atoms with Crippen LogP contribution in [0.1, 0.15) is 12.8 Å². The smallest absolute Gasteiger partial charge is 0 e. The molecule has 45 valence electrons. The van der Waals surface area contributed by atoms with Crippen LogP contribution in [0.4, 0.5) is 0 Å². The molecule has 0 amide bonds. The molecule has 1 heterocycles. The van der Waals surface area contributed by atoms with Crippen molar-refractivity contribution >= 4 is 0 Å². The van der Waals surface area contributed by atoms with Crippen LogP contribution in [0, 0.1) is 6.42 Å². The zero-order valence-corrected chi connectivity index (χ0v) is 14.1. The average molecular weight is 536 g/mol. The fraction of sp³-hybridized carbons (Fsp3) is 0.800. The molecule has 1 aliphatic heterocycles. The fourth-order valence-corrected chi connectivity index (χ4v) is 0.621. The van der Waals surface area contributed by atoms with Crippen LogP contribution in [-0.4, -0.2) is 13.1 Å². The van der Waals surface area contributed by atoms with Crippen molar-refractivity contribution in [2.24, 2.45) is 0 Å². The van der Waals surface area contributed by atoms with Gasteiger partial charge >= 0.3 is 0 Å². The number of piperidine rings is 1. The molecule has 0 aromatic rings. The zero-order valence-electron chi connectivity index (χ0n) is 4.94. The van der Waals surface area contributed by atoms with Crippen molar-refractivity contribution in [2.75, 3.05) is 13.1 Å². The summed E-state index contributed by atoms with van der Waals surface area (Å²) in [5.74, 6) is 0. The van der Waals surface area contributed by atoms with Crippen LogP contribution in [0.5, 0.6) is 0 Å². The molecular formula is C5H9NReRf-2. The fourth-order valence-electron chi connectivity index (χ4n) is 0.621. The van der Waals surface area contributed by atoms with Crippen molar-refractivity contribution < 1.29 is 20.4 Å². The first kappa shape index (κ1) is 10.6. The van der Waals surface area contributed by atoms with Crippen molar-refractivity contribution in [1.29, 1.82) is 0 Å². The van der Waals surface area contributed by atoms with Gasteiger partial charge in [-0.05, 0) is 0 Å². The van der Waals surface area contributed by atoms with Crippen LogP contribution in [0.3, 0.4) is 0 Å². The maximum Gasteiger partial charge on any atom is 0 e. The third kappa shape index (κ3) is 3.80. The molecule has 1 saturated heterocycles. The molecule has 0 aliphatic carbocycles. The molecule has 0 aromatic heterocycles. The first-order chi connectivity index (χ1) is 3.00. The Hall–Kier alpha value is -0.378. The van der Waals surface area contributed by atoms with Crippen LogP contribution in [0.15, 0.2) is 0 Å². The summed E-state index contributed by atoms with van der Waals surface area (Å²) in [7, 11) is 0. The Bertz CT molecular complexity index is 27.9. The van der Waals surface area contributed by atoms with Gasteiger partial charge in [0, 0.05) is 20.4 Å². The summed E-state index contributed by atoms with van der Waals surface area (Å²) in [5.41, 5.74) is 0. The van der Waals surface area contributed by atoms with E-state index in [9.17, 15) is 0 Å². The quantitative estimate of drug-likeness (QED) is 0.416. The molecule has 1 fully saturated rings. The summed E-state index contributed by atoms with van der Waals surface area (Å²) in [4.78, 5) is 0. The summed E-state index contributed by atoms with van der Waals surface area (Å²) >= 11 is 0. The minimum atomic E-state index is 0. The van der Waals surface area contributed by atoms with Crippen LogP contribution in [-0.2, 0) is 20.4 Å². The summed E-state index contributed by atoms with van der Waals surface area (Å²) in [6.07, 6.45) is 4.72. The van der Waals surface area contributed by atoms with Gasteiger partial charge in [-0.3, -0.25) is 0 Å². The average Bonchev–Trinajstić information content (AvgIpc) is 1.72. The zero-order chi connectivity index (χ0) is 4.24. The first-order valence-corrected chi connectivity index (χ1v) is 2.45. The minimum Gasteiger partial charge on any atom is -0.666 e. The predicted molar refractivity (Wildman–Crippen MR) is 26.6 cm³/mol. The molecule has 1 radical (unpaired) electrons. The van der Waals surface area contributed by atoms with Gasteiger partial charge < -0.3 is 11.7 Å². The maximum absolute atomic E-state index is 4.15. The van der Waals surface area contributed by atoms with Crippen molar-refractivity contribution in [2.45, 2.75) is 12.8 Å².